The number of halogens is 3. The van der Waals surface area contributed by atoms with Crippen LogP contribution in [-0.4, -0.2) is 5.91 Å². The molecule has 2 nitrogen and oxygen atoms in total. The Labute approximate surface area is 90.2 Å². The van der Waals surface area contributed by atoms with Crippen molar-refractivity contribution in [1.82, 2.24) is 0 Å². The zero-order valence-electron chi connectivity index (χ0n) is 8.29. The van der Waals surface area contributed by atoms with Crippen LogP contribution < -0.4 is 5.73 Å². The molecule has 1 aromatic carbocycles. The van der Waals surface area contributed by atoms with Crippen molar-refractivity contribution in [1.29, 1.82) is 0 Å². The molecule has 2 N–H and O–H groups in total. The molecule has 16 heavy (non-hydrogen) atoms. The second-order valence-corrected chi connectivity index (χ2v) is 3.97. The van der Waals surface area contributed by atoms with Gasteiger partial charge in [-0.05, 0) is 30.0 Å². The van der Waals surface area contributed by atoms with E-state index in [2.05, 4.69) is 0 Å². The van der Waals surface area contributed by atoms with Gasteiger partial charge in [0.15, 0.2) is 0 Å². The standard InChI is InChI=1S/C11H10F3NO/c12-11(13,14)7-3-1-6(2-4-7)8-5-9(8)10(15)16/h1-4,8-9H,5H2,(H2,15,16). The number of primary amides is 1. The molecule has 0 aliphatic heterocycles. The van der Waals surface area contributed by atoms with Gasteiger partial charge in [0.25, 0.3) is 0 Å². The summed E-state index contributed by atoms with van der Waals surface area (Å²) >= 11 is 0. The van der Waals surface area contributed by atoms with E-state index in [1.807, 2.05) is 0 Å². The fraction of sp³-hybridized carbons (Fsp3) is 0.364. The molecular formula is C11H10F3NO. The molecule has 1 aliphatic carbocycles. The van der Waals surface area contributed by atoms with Crippen molar-refractivity contribution in [3.05, 3.63) is 35.4 Å². The van der Waals surface area contributed by atoms with Crippen molar-refractivity contribution in [2.24, 2.45) is 11.7 Å². The van der Waals surface area contributed by atoms with E-state index in [0.29, 0.717) is 6.42 Å². The van der Waals surface area contributed by atoms with Gasteiger partial charge in [0, 0.05) is 5.92 Å². The number of carbonyl (C=O) groups is 1. The molecule has 0 heterocycles. The third-order valence-corrected chi connectivity index (χ3v) is 2.82. The fourth-order valence-electron chi connectivity index (χ4n) is 1.80. The smallest absolute Gasteiger partial charge is 0.369 e. The Morgan fingerprint density at radius 1 is 1.25 bits per heavy atom. The minimum atomic E-state index is -4.31. The van der Waals surface area contributed by atoms with Crippen LogP contribution >= 0.6 is 0 Å². The highest BCUT2D eigenvalue weighted by atomic mass is 19.4. The van der Waals surface area contributed by atoms with Gasteiger partial charge in [-0.1, -0.05) is 12.1 Å². The van der Waals surface area contributed by atoms with Crippen LogP contribution in [0.2, 0.25) is 0 Å². The molecule has 0 bridgehead atoms. The van der Waals surface area contributed by atoms with E-state index in [9.17, 15) is 18.0 Å². The second kappa shape index (κ2) is 3.50. The van der Waals surface area contributed by atoms with E-state index >= 15 is 0 Å². The Bertz CT molecular complexity index is 410. The normalized spacial score (nSPS) is 24.2. The number of amides is 1. The highest BCUT2D eigenvalue weighted by Gasteiger charge is 2.42. The average molecular weight is 229 g/mol. The second-order valence-electron chi connectivity index (χ2n) is 3.97. The molecule has 1 fully saturated rings. The molecule has 1 aromatic rings. The number of alkyl halides is 3. The molecule has 86 valence electrons. The first kappa shape index (κ1) is 11.0. The summed E-state index contributed by atoms with van der Waals surface area (Å²) in [5, 5.41) is 0. The van der Waals surface area contributed by atoms with Crippen LogP contribution in [0.5, 0.6) is 0 Å². The lowest BCUT2D eigenvalue weighted by Gasteiger charge is -2.07. The fourth-order valence-corrected chi connectivity index (χ4v) is 1.80. The number of rotatable bonds is 2. The lowest BCUT2D eigenvalue weighted by Crippen LogP contribution is -2.13. The maximum Gasteiger partial charge on any atom is 0.416 e. The molecule has 2 unspecified atom stereocenters. The summed E-state index contributed by atoms with van der Waals surface area (Å²) in [6.07, 6.45) is -3.67. The zero-order chi connectivity index (χ0) is 11.9. The van der Waals surface area contributed by atoms with Crippen LogP contribution in [0, 0.1) is 5.92 Å². The third-order valence-electron chi connectivity index (χ3n) is 2.82. The first-order valence-electron chi connectivity index (χ1n) is 4.86. The summed E-state index contributed by atoms with van der Waals surface area (Å²) in [4.78, 5) is 10.8. The van der Waals surface area contributed by atoms with Gasteiger partial charge in [-0.3, -0.25) is 4.79 Å². The van der Waals surface area contributed by atoms with Gasteiger partial charge >= 0.3 is 6.18 Å². The lowest BCUT2D eigenvalue weighted by molar-refractivity contribution is -0.137. The van der Waals surface area contributed by atoms with E-state index in [4.69, 9.17) is 5.73 Å². The SMILES string of the molecule is NC(=O)C1CC1c1ccc(C(F)(F)F)cc1. The number of hydrogen-bond donors (Lipinski definition) is 1. The van der Waals surface area contributed by atoms with E-state index in [1.54, 1.807) is 0 Å². The molecular weight excluding hydrogens is 219 g/mol. The lowest BCUT2D eigenvalue weighted by atomic mass is 10.1. The molecule has 1 saturated carbocycles. The van der Waals surface area contributed by atoms with Gasteiger partial charge in [-0.25, -0.2) is 0 Å². The van der Waals surface area contributed by atoms with Crippen molar-refractivity contribution in [3.63, 3.8) is 0 Å². The quantitative estimate of drug-likeness (QED) is 0.830. The van der Waals surface area contributed by atoms with Gasteiger partial charge in [-0.15, -0.1) is 0 Å². The van der Waals surface area contributed by atoms with E-state index in [0.717, 1.165) is 17.7 Å². The van der Waals surface area contributed by atoms with E-state index < -0.39 is 11.7 Å². The van der Waals surface area contributed by atoms with Gasteiger partial charge in [0.05, 0.1) is 5.56 Å². The van der Waals surface area contributed by atoms with Crippen molar-refractivity contribution in [2.45, 2.75) is 18.5 Å². The van der Waals surface area contributed by atoms with E-state index in [1.165, 1.54) is 12.1 Å². The maximum atomic E-state index is 12.3. The average Bonchev–Trinajstić information content (AvgIpc) is 2.96. The molecule has 5 heteroatoms. The summed E-state index contributed by atoms with van der Waals surface area (Å²) in [7, 11) is 0. The molecule has 0 aromatic heterocycles. The van der Waals surface area contributed by atoms with Crippen LogP contribution in [-0.2, 0) is 11.0 Å². The van der Waals surface area contributed by atoms with E-state index in [-0.39, 0.29) is 17.7 Å². The Kier molecular flexibility index (Phi) is 2.40. The molecule has 2 rings (SSSR count). The third kappa shape index (κ3) is 2.03. The highest BCUT2D eigenvalue weighted by Crippen LogP contribution is 2.47. The Balaban J connectivity index is 2.13. The van der Waals surface area contributed by atoms with Crippen molar-refractivity contribution >= 4 is 5.91 Å². The predicted molar refractivity (Wildman–Crippen MR) is 51.5 cm³/mol. The van der Waals surface area contributed by atoms with Crippen LogP contribution in [0.25, 0.3) is 0 Å². The summed E-state index contributed by atoms with van der Waals surface area (Å²) in [6, 6.07) is 4.89. The summed E-state index contributed by atoms with van der Waals surface area (Å²) in [6.45, 7) is 0. The minimum absolute atomic E-state index is 0.000200. The molecule has 0 radical (unpaired) electrons. The van der Waals surface area contributed by atoms with Gasteiger partial charge < -0.3 is 5.73 Å². The molecule has 1 aliphatic rings. The van der Waals surface area contributed by atoms with Gasteiger partial charge in [0.2, 0.25) is 5.91 Å². The van der Waals surface area contributed by atoms with Crippen LogP contribution in [0.4, 0.5) is 13.2 Å². The topological polar surface area (TPSA) is 43.1 Å². The van der Waals surface area contributed by atoms with Crippen molar-refractivity contribution in [2.75, 3.05) is 0 Å². The Morgan fingerprint density at radius 3 is 2.19 bits per heavy atom. The van der Waals surface area contributed by atoms with Gasteiger partial charge in [-0.2, -0.15) is 13.2 Å². The largest absolute Gasteiger partial charge is 0.416 e. The van der Waals surface area contributed by atoms with Crippen molar-refractivity contribution < 1.29 is 18.0 Å². The first-order valence-corrected chi connectivity index (χ1v) is 4.86. The summed E-state index contributed by atoms with van der Waals surface area (Å²) < 4.78 is 36.8. The van der Waals surface area contributed by atoms with Crippen LogP contribution in [0.1, 0.15) is 23.5 Å². The summed E-state index contributed by atoms with van der Waals surface area (Å²) in [5.74, 6) is -0.596. The molecule has 1 amide bonds. The number of carbonyl (C=O) groups excluding carboxylic acids is 1. The van der Waals surface area contributed by atoms with Crippen LogP contribution in [0.15, 0.2) is 24.3 Å². The number of benzene rings is 1. The highest BCUT2D eigenvalue weighted by molar-refractivity contribution is 5.81. The molecule has 2 atom stereocenters. The Morgan fingerprint density at radius 2 is 1.81 bits per heavy atom. The number of hydrogen-bond acceptors (Lipinski definition) is 1. The van der Waals surface area contributed by atoms with Crippen LogP contribution in [0.3, 0.4) is 0 Å². The minimum Gasteiger partial charge on any atom is -0.369 e. The van der Waals surface area contributed by atoms with Crippen molar-refractivity contribution in [3.8, 4) is 0 Å². The first-order chi connectivity index (χ1) is 7.39. The molecule has 0 saturated heterocycles. The predicted octanol–water partition coefficient (Wildman–Crippen LogP) is 2.29. The zero-order valence-corrected chi connectivity index (χ0v) is 8.29. The van der Waals surface area contributed by atoms with Gasteiger partial charge in [0.1, 0.15) is 0 Å². The monoisotopic (exact) mass is 229 g/mol. The number of nitrogens with two attached hydrogens (primary N) is 1. The summed E-state index contributed by atoms with van der Waals surface area (Å²) in [5.41, 5.74) is 5.18. The maximum absolute atomic E-state index is 12.3. The Hall–Kier alpha value is -1.52. The molecule has 0 spiro atoms.